The van der Waals surface area contributed by atoms with Gasteiger partial charge in [-0.25, -0.2) is 4.79 Å². The molecule has 2 amide bonds. The molecule has 0 atom stereocenters. The van der Waals surface area contributed by atoms with Crippen molar-refractivity contribution in [3.05, 3.63) is 0 Å². The Morgan fingerprint density at radius 2 is 1.75 bits per heavy atom. The fourth-order valence-corrected chi connectivity index (χ4v) is 2.10. The molecule has 2 saturated carbocycles. The molecule has 2 aliphatic rings. The topological polar surface area (TPSA) is 60.9 Å². The van der Waals surface area contributed by atoms with Crippen molar-refractivity contribution in [2.45, 2.75) is 37.9 Å². The summed E-state index contributed by atoms with van der Waals surface area (Å²) in [6.45, 7) is -1.63. The van der Waals surface area contributed by atoms with Crippen molar-refractivity contribution in [3.8, 4) is 0 Å². The lowest BCUT2D eigenvalue weighted by Gasteiger charge is -2.30. The Labute approximate surface area is 114 Å². The number of nitrogens with zero attached hydrogens (tertiary/aromatic N) is 2. The highest BCUT2D eigenvalue weighted by molar-refractivity contribution is 5.80. The third-order valence-corrected chi connectivity index (χ3v) is 3.36. The lowest BCUT2D eigenvalue weighted by molar-refractivity contribution is -0.143. The molecule has 114 valence electrons. The van der Waals surface area contributed by atoms with Crippen LogP contribution in [-0.4, -0.2) is 58.8 Å². The minimum absolute atomic E-state index is 0.227. The molecule has 0 spiro atoms. The van der Waals surface area contributed by atoms with Crippen LogP contribution < -0.4 is 0 Å². The molecule has 8 heteroatoms. The maximum atomic E-state index is 12.5. The highest BCUT2D eigenvalue weighted by Crippen LogP contribution is 2.33. The summed E-state index contributed by atoms with van der Waals surface area (Å²) in [5.41, 5.74) is 0. The number of carbonyl (C=O) groups is 2. The Morgan fingerprint density at radius 3 is 2.15 bits per heavy atom. The van der Waals surface area contributed by atoms with Gasteiger partial charge in [0, 0.05) is 12.6 Å². The molecule has 2 rings (SSSR count). The van der Waals surface area contributed by atoms with Crippen LogP contribution in [0.2, 0.25) is 0 Å². The summed E-state index contributed by atoms with van der Waals surface area (Å²) in [4.78, 5) is 24.8. The van der Waals surface area contributed by atoms with E-state index in [9.17, 15) is 22.8 Å². The van der Waals surface area contributed by atoms with Crippen molar-refractivity contribution in [3.63, 3.8) is 0 Å². The van der Waals surface area contributed by atoms with Crippen molar-refractivity contribution in [2.24, 2.45) is 5.92 Å². The summed E-state index contributed by atoms with van der Waals surface area (Å²) >= 11 is 0. The maximum absolute atomic E-state index is 12.5. The number of urea groups is 1. The molecular formula is C12H17F3N2O3. The molecule has 2 aliphatic carbocycles. The minimum Gasteiger partial charge on any atom is -0.480 e. The van der Waals surface area contributed by atoms with E-state index in [-0.39, 0.29) is 12.5 Å². The second kappa shape index (κ2) is 5.49. The van der Waals surface area contributed by atoms with E-state index in [1.54, 1.807) is 0 Å². The number of halogens is 3. The van der Waals surface area contributed by atoms with Crippen LogP contribution in [0.1, 0.15) is 25.7 Å². The molecular weight excluding hydrogens is 277 g/mol. The van der Waals surface area contributed by atoms with E-state index in [0.717, 1.165) is 22.6 Å². The Balaban J connectivity index is 2.03. The summed E-state index contributed by atoms with van der Waals surface area (Å²) in [7, 11) is 0. The average molecular weight is 294 g/mol. The van der Waals surface area contributed by atoms with E-state index >= 15 is 0 Å². The Bertz CT molecular complexity index is 392. The number of amides is 2. The molecule has 0 heterocycles. The van der Waals surface area contributed by atoms with Crippen LogP contribution in [0.25, 0.3) is 0 Å². The molecule has 5 nitrogen and oxygen atoms in total. The fourth-order valence-electron chi connectivity index (χ4n) is 2.10. The molecule has 0 aliphatic heterocycles. The van der Waals surface area contributed by atoms with Crippen LogP contribution >= 0.6 is 0 Å². The van der Waals surface area contributed by atoms with Crippen molar-refractivity contribution in [2.75, 3.05) is 19.6 Å². The Morgan fingerprint density at radius 1 is 1.15 bits per heavy atom. The van der Waals surface area contributed by atoms with Gasteiger partial charge in [-0.2, -0.15) is 13.2 Å². The Kier molecular flexibility index (Phi) is 4.10. The number of hydrogen-bond donors (Lipinski definition) is 1. The summed E-state index contributed by atoms with van der Waals surface area (Å²) in [6.07, 6.45) is -1.58. The van der Waals surface area contributed by atoms with Crippen molar-refractivity contribution < 1.29 is 27.9 Å². The largest absolute Gasteiger partial charge is 0.480 e. The fraction of sp³-hybridized carbons (Fsp3) is 0.833. The van der Waals surface area contributed by atoms with Crippen LogP contribution in [0, 0.1) is 5.92 Å². The first-order chi connectivity index (χ1) is 9.26. The monoisotopic (exact) mass is 294 g/mol. The summed E-state index contributed by atoms with van der Waals surface area (Å²) in [5, 5.41) is 8.80. The normalized spacial score (nSPS) is 18.8. The van der Waals surface area contributed by atoms with Gasteiger partial charge >= 0.3 is 18.2 Å². The predicted octanol–water partition coefficient (Wildman–Crippen LogP) is 1.93. The van der Waals surface area contributed by atoms with Gasteiger partial charge < -0.3 is 14.9 Å². The first-order valence-corrected chi connectivity index (χ1v) is 6.60. The Hall–Kier alpha value is -1.47. The zero-order valence-corrected chi connectivity index (χ0v) is 10.9. The molecule has 0 unspecified atom stereocenters. The minimum atomic E-state index is -4.47. The smallest absolute Gasteiger partial charge is 0.406 e. The number of alkyl halides is 3. The summed E-state index contributed by atoms with van der Waals surface area (Å²) in [6, 6.07) is -1.21. The average Bonchev–Trinajstić information content (AvgIpc) is 3.14. The van der Waals surface area contributed by atoms with Gasteiger partial charge in [0.2, 0.25) is 0 Å². The second-order valence-corrected chi connectivity index (χ2v) is 5.47. The van der Waals surface area contributed by atoms with Crippen molar-refractivity contribution >= 4 is 12.0 Å². The molecule has 2 fully saturated rings. The van der Waals surface area contributed by atoms with E-state index < -0.39 is 37.3 Å². The number of rotatable bonds is 6. The SMILES string of the molecule is O=C(O)CN(CC1CC1)C(=O)N(CC(F)(F)F)C1CC1. The van der Waals surface area contributed by atoms with Crippen LogP contribution in [-0.2, 0) is 4.79 Å². The van der Waals surface area contributed by atoms with E-state index in [1.807, 2.05) is 0 Å². The van der Waals surface area contributed by atoms with Crippen LogP contribution in [0.4, 0.5) is 18.0 Å². The molecule has 20 heavy (non-hydrogen) atoms. The lowest BCUT2D eigenvalue weighted by Crippen LogP contribution is -2.50. The van der Waals surface area contributed by atoms with E-state index in [0.29, 0.717) is 12.8 Å². The number of carboxylic acids is 1. The second-order valence-electron chi connectivity index (χ2n) is 5.47. The van der Waals surface area contributed by atoms with Gasteiger partial charge in [-0.3, -0.25) is 4.79 Å². The highest BCUT2D eigenvalue weighted by Gasteiger charge is 2.43. The standard InChI is InChI=1S/C12H17F3N2O3/c13-12(14,15)7-17(9-3-4-9)11(20)16(6-10(18)19)5-8-1-2-8/h8-9H,1-7H2,(H,18,19). The quantitative estimate of drug-likeness (QED) is 0.814. The summed E-state index contributed by atoms with van der Waals surface area (Å²) in [5.74, 6) is -0.980. The zero-order valence-electron chi connectivity index (χ0n) is 10.9. The van der Waals surface area contributed by atoms with Gasteiger partial charge in [0.1, 0.15) is 13.1 Å². The molecule has 0 aromatic rings. The molecule has 0 saturated heterocycles. The van der Waals surface area contributed by atoms with Gasteiger partial charge in [-0.1, -0.05) is 0 Å². The number of carboxylic acid groups (broad SMARTS) is 1. The van der Waals surface area contributed by atoms with Crippen LogP contribution in [0.3, 0.4) is 0 Å². The predicted molar refractivity (Wildman–Crippen MR) is 63.1 cm³/mol. The molecule has 0 radical (unpaired) electrons. The number of hydrogen-bond acceptors (Lipinski definition) is 2. The third-order valence-electron chi connectivity index (χ3n) is 3.36. The summed E-state index contributed by atoms with van der Waals surface area (Å²) < 4.78 is 37.6. The lowest BCUT2D eigenvalue weighted by atomic mass is 10.3. The molecule has 0 aromatic carbocycles. The molecule has 0 bridgehead atoms. The van der Waals surface area contributed by atoms with Crippen LogP contribution in [0.15, 0.2) is 0 Å². The van der Waals surface area contributed by atoms with Gasteiger partial charge in [0.15, 0.2) is 0 Å². The molecule has 0 aromatic heterocycles. The van der Waals surface area contributed by atoms with E-state index in [4.69, 9.17) is 5.11 Å². The first kappa shape index (κ1) is 14.9. The van der Waals surface area contributed by atoms with Crippen LogP contribution in [0.5, 0.6) is 0 Å². The number of carbonyl (C=O) groups excluding carboxylic acids is 1. The maximum Gasteiger partial charge on any atom is 0.406 e. The van der Waals surface area contributed by atoms with Crippen molar-refractivity contribution in [1.29, 1.82) is 0 Å². The number of aliphatic carboxylic acids is 1. The van der Waals surface area contributed by atoms with E-state index in [2.05, 4.69) is 0 Å². The van der Waals surface area contributed by atoms with E-state index in [1.165, 1.54) is 0 Å². The van der Waals surface area contributed by atoms with Gasteiger partial charge in [0.05, 0.1) is 0 Å². The molecule has 1 N–H and O–H groups in total. The highest BCUT2D eigenvalue weighted by atomic mass is 19.4. The third kappa shape index (κ3) is 4.57. The van der Waals surface area contributed by atoms with Gasteiger partial charge in [0.25, 0.3) is 0 Å². The first-order valence-electron chi connectivity index (χ1n) is 6.60. The van der Waals surface area contributed by atoms with Gasteiger partial charge in [-0.05, 0) is 31.6 Å². The zero-order chi connectivity index (χ0) is 14.9. The van der Waals surface area contributed by atoms with Crippen molar-refractivity contribution in [1.82, 2.24) is 9.80 Å². The van der Waals surface area contributed by atoms with Gasteiger partial charge in [-0.15, -0.1) is 0 Å².